The zero-order valence-electron chi connectivity index (χ0n) is 11.0. The molecule has 108 valence electrons. The van der Waals surface area contributed by atoms with Crippen molar-refractivity contribution in [3.05, 3.63) is 35.6 Å². The lowest BCUT2D eigenvalue weighted by molar-refractivity contribution is -0.148. The molecule has 1 aliphatic carbocycles. The molecule has 1 saturated carbocycles. The third kappa shape index (κ3) is 3.33. The SMILES string of the molecule is COC(CNC(=O)C1CC1c1ccc(F)cc1)C(=O)O. The van der Waals surface area contributed by atoms with Crippen LogP contribution in [0.3, 0.4) is 0 Å². The lowest BCUT2D eigenvalue weighted by Crippen LogP contribution is -2.38. The zero-order valence-corrected chi connectivity index (χ0v) is 11.0. The Hall–Kier alpha value is -1.95. The molecule has 6 heteroatoms. The maximum absolute atomic E-state index is 12.8. The van der Waals surface area contributed by atoms with Crippen LogP contribution in [0.5, 0.6) is 0 Å². The third-order valence-corrected chi connectivity index (χ3v) is 3.45. The number of nitrogens with one attached hydrogen (secondary N) is 1. The normalized spacial score (nSPS) is 22.1. The second-order valence-corrected chi connectivity index (χ2v) is 4.81. The molecule has 3 atom stereocenters. The number of carbonyl (C=O) groups is 2. The fourth-order valence-electron chi connectivity index (χ4n) is 2.16. The maximum atomic E-state index is 12.8. The summed E-state index contributed by atoms with van der Waals surface area (Å²) < 4.78 is 17.5. The molecule has 1 aromatic carbocycles. The average molecular weight is 281 g/mol. The van der Waals surface area contributed by atoms with Gasteiger partial charge in [0.05, 0.1) is 6.54 Å². The Balaban J connectivity index is 1.84. The van der Waals surface area contributed by atoms with Crippen molar-refractivity contribution in [2.75, 3.05) is 13.7 Å². The molecule has 0 radical (unpaired) electrons. The van der Waals surface area contributed by atoms with Crippen LogP contribution in [0.4, 0.5) is 4.39 Å². The number of methoxy groups -OCH3 is 1. The number of ether oxygens (including phenoxy) is 1. The lowest BCUT2D eigenvalue weighted by atomic mass is 10.1. The number of hydrogen-bond donors (Lipinski definition) is 2. The molecule has 0 saturated heterocycles. The van der Waals surface area contributed by atoms with Crippen molar-refractivity contribution in [3.8, 4) is 0 Å². The standard InChI is InChI=1S/C14H16FNO4/c1-20-12(14(18)19)7-16-13(17)11-6-10(11)8-2-4-9(15)5-3-8/h2-5,10-12H,6-7H2,1H3,(H,16,17)(H,18,19). The molecule has 0 spiro atoms. The molecule has 20 heavy (non-hydrogen) atoms. The molecule has 0 aromatic heterocycles. The average Bonchev–Trinajstić information content (AvgIpc) is 3.20. The van der Waals surface area contributed by atoms with Crippen molar-refractivity contribution >= 4 is 11.9 Å². The molecule has 1 aliphatic rings. The minimum absolute atomic E-state index is 0.0582. The number of hydrogen-bond acceptors (Lipinski definition) is 3. The van der Waals surface area contributed by atoms with Gasteiger partial charge in [0.1, 0.15) is 5.82 Å². The summed E-state index contributed by atoms with van der Waals surface area (Å²) in [5, 5.41) is 11.4. The Kier molecular flexibility index (Phi) is 4.34. The van der Waals surface area contributed by atoms with Crippen LogP contribution in [0, 0.1) is 11.7 Å². The van der Waals surface area contributed by atoms with E-state index in [1.165, 1.54) is 19.2 Å². The van der Waals surface area contributed by atoms with Crippen LogP contribution in [-0.4, -0.2) is 36.7 Å². The van der Waals surface area contributed by atoms with Gasteiger partial charge in [0.15, 0.2) is 6.10 Å². The highest BCUT2D eigenvalue weighted by molar-refractivity contribution is 5.83. The first-order valence-electron chi connectivity index (χ1n) is 6.31. The van der Waals surface area contributed by atoms with Crippen LogP contribution in [0.25, 0.3) is 0 Å². The van der Waals surface area contributed by atoms with Crippen LogP contribution in [0.2, 0.25) is 0 Å². The predicted octanol–water partition coefficient (Wildman–Crippen LogP) is 1.15. The van der Waals surface area contributed by atoms with Crippen LogP contribution >= 0.6 is 0 Å². The minimum Gasteiger partial charge on any atom is -0.479 e. The van der Waals surface area contributed by atoms with Crippen LogP contribution in [0.1, 0.15) is 17.9 Å². The summed E-state index contributed by atoms with van der Waals surface area (Å²) in [4.78, 5) is 22.6. The van der Waals surface area contributed by atoms with E-state index in [1.807, 2.05) is 0 Å². The predicted molar refractivity (Wildman–Crippen MR) is 68.7 cm³/mol. The smallest absolute Gasteiger partial charge is 0.334 e. The van der Waals surface area contributed by atoms with Gasteiger partial charge in [0.2, 0.25) is 5.91 Å². The number of halogens is 1. The van der Waals surface area contributed by atoms with E-state index >= 15 is 0 Å². The molecule has 0 heterocycles. The van der Waals surface area contributed by atoms with Gasteiger partial charge in [-0.25, -0.2) is 9.18 Å². The number of benzene rings is 1. The maximum Gasteiger partial charge on any atom is 0.334 e. The molecule has 0 bridgehead atoms. The highest BCUT2D eigenvalue weighted by Crippen LogP contribution is 2.47. The quantitative estimate of drug-likeness (QED) is 0.820. The summed E-state index contributed by atoms with van der Waals surface area (Å²) in [7, 11) is 1.28. The van der Waals surface area contributed by atoms with Crippen molar-refractivity contribution in [1.82, 2.24) is 5.32 Å². The van der Waals surface area contributed by atoms with Crippen LogP contribution < -0.4 is 5.32 Å². The Morgan fingerprint density at radius 2 is 2.10 bits per heavy atom. The Morgan fingerprint density at radius 3 is 2.65 bits per heavy atom. The summed E-state index contributed by atoms with van der Waals surface area (Å²) >= 11 is 0. The first-order chi connectivity index (χ1) is 9.52. The molecular formula is C14H16FNO4. The van der Waals surface area contributed by atoms with Gasteiger partial charge < -0.3 is 15.2 Å². The zero-order chi connectivity index (χ0) is 14.7. The molecule has 3 unspecified atom stereocenters. The van der Waals surface area contributed by atoms with E-state index in [0.29, 0.717) is 6.42 Å². The molecular weight excluding hydrogens is 265 g/mol. The summed E-state index contributed by atoms with van der Waals surface area (Å²) in [5.74, 6) is -1.70. The van der Waals surface area contributed by atoms with Gasteiger partial charge >= 0.3 is 5.97 Å². The molecule has 1 fully saturated rings. The van der Waals surface area contributed by atoms with Crippen molar-refractivity contribution in [2.24, 2.45) is 5.92 Å². The van der Waals surface area contributed by atoms with E-state index < -0.39 is 12.1 Å². The number of rotatable bonds is 6. The second kappa shape index (κ2) is 6.00. The van der Waals surface area contributed by atoms with Crippen LogP contribution in [-0.2, 0) is 14.3 Å². The second-order valence-electron chi connectivity index (χ2n) is 4.81. The number of carboxylic acid groups (broad SMARTS) is 1. The number of aliphatic carboxylic acids is 1. The fraction of sp³-hybridized carbons (Fsp3) is 0.429. The number of carboxylic acids is 1. The number of amides is 1. The Morgan fingerprint density at radius 1 is 1.45 bits per heavy atom. The van der Waals surface area contributed by atoms with Gasteiger partial charge in [-0.05, 0) is 30.0 Å². The van der Waals surface area contributed by atoms with Gasteiger partial charge in [-0.1, -0.05) is 12.1 Å². The Bertz CT molecular complexity index is 502. The van der Waals surface area contributed by atoms with Crippen molar-refractivity contribution < 1.29 is 23.8 Å². The summed E-state index contributed by atoms with van der Waals surface area (Å²) in [6, 6.07) is 6.08. The molecule has 2 rings (SSSR count). The van der Waals surface area contributed by atoms with E-state index in [4.69, 9.17) is 9.84 Å². The summed E-state index contributed by atoms with van der Waals surface area (Å²) in [6.45, 7) is -0.0582. The molecule has 5 nitrogen and oxygen atoms in total. The highest BCUT2D eigenvalue weighted by atomic mass is 19.1. The van der Waals surface area contributed by atoms with E-state index in [1.54, 1.807) is 12.1 Å². The lowest BCUT2D eigenvalue weighted by Gasteiger charge is -2.11. The number of carbonyl (C=O) groups excluding carboxylic acids is 1. The summed E-state index contributed by atoms with van der Waals surface area (Å²) in [6.07, 6.45) is -0.343. The van der Waals surface area contributed by atoms with Gasteiger partial charge in [-0.2, -0.15) is 0 Å². The van der Waals surface area contributed by atoms with E-state index in [-0.39, 0.29) is 30.1 Å². The third-order valence-electron chi connectivity index (χ3n) is 3.45. The molecule has 1 aromatic rings. The van der Waals surface area contributed by atoms with Gasteiger partial charge in [0, 0.05) is 13.0 Å². The van der Waals surface area contributed by atoms with Crippen molar-refractivity contribution in [3.63, 3.8) is 0 Å². The monoisotopic (exact) mass is 281 g/mol. The van der Waals surface area contributed by atoms with Gasteiger partial charge in [0.25, 0.3) is 0 Å². The largest absolute Gasteiger partial charge is 0.479 e. The first kappa shape index (κ1) is 14.5. The first-order valence-corrected chi connectivity index (χ1v) is 6.31. The molecule has 0 aliphatic heterocycles. The molecule has 1 amide bonds. The van der Waals surface area contributed by atoms with E-state index in [0.717, 1.165) is 5.56 Å². The van der Waals surface area contributed by atoms with Gasteiger partial charge in [-0.3, -0.25) is 4.79 Å². The van der Waals surface area contributed by atoms with Gasteiger partial charge in [-0.15, -0.1) is 0 Å². The van der Waals surface area contributed by atoms with Crippen molar-refractivity contribution in [1.29, 1.82) is 0 Å². The van der Waals surface area contributed by atoms with Crippen LogP contribution in [0.15, 0.2) is 24.3 Å². The van der Waals surface area contributed by atoms with E-state index in [2.05, 4.69) is 5.32 Å². The molecule has 2 N–H and O–H groups in total. The summed E-state index contributed by atoms with van der Waals surface area (Å²) in [5.41, 5.74) is 0.924. The van der Waals surface area contributed by atoms with E-state index in [9.17, 15) is 14.0 Å². The Labute approximate surface area is 115 Å². The van der Waals surface area contributed by atoms with Crippen molar-refractivity contribution in [2.45, 2.75) is 18.4 Å². The highest BCUT2D eigenvalue weighted by Gasteiger charge is 2.43. The minimum atomic E-state index is -1.11. The fourth-order valence-corrected chi connectivity index (χ4v) is 2.16. The topological polar surface area (TPSA) is 75.6 Å².